The van der Waals surface area contributed by atoms with Crippen LogP contribution in [0.4, 0.5) is 0 Å². The van der Waals surface area contributed by atoms with Crippen LogP contribution in [0.2, 0.25) is 0 Å². The molecule has 1 rings (SSSR count). The fraction of sp³-hybridized carbons (Fsp3) is 0.625. The molecule has 0 saturated heterocycles. The maximum absolute atomic E-state index is 8.95. The van der Waals surface area contributed by atoms with E-state index in [9.17, 15) is 0 Å². The number of phenols is 1. The molecular weight excluding hydrogens is 271 g/mol. The van der Waals surface area contributed by atoms with Crippen LogP contribution in [-0.4, -0.2) is 26.4 Å². The molecule has 3 nitrogen and oxygen atoms in total. The van der Waals surface area contributed by atoms with Gasteiger partial charge in [-0.05, 0) is 17.7 Å². The molecule has 0 radical (unpaired) electrons. The molecule has 0 aliphatic carbocycles. The van der Waals surface area contributed by atoms with Crippen LogP contribution >= 0.6 is 8.81 Å². The van der Waals surface area contributed by atoms with Gasteiger partial charge in [0, 0.05) is 36.3 Å². The number of aromatic hydroxyl groups is 1. The molecule has 0 aromatic heterocycles. The minimum absolute atomic E-state index is 0.314. The average molecular weight is 304 g/mol. The van der Waals surface area contributed by atoms with Gasteiger partial charge >= 0.3 is 0 Å². The van der Waals surface area contributed by atoms with Gasteiger partial charge in [0.15, 0.2) is 0 Å². The zero-order chi connectivity index (χ0) is 16.2. The fourth-order valence-corrected chi connectivity index (χ4v) is 1.32. The second-order valence-corrected chi connectivity index (χ2v) is 4.65. The monoisotopic (exact) mass is 304 g/mol. The fourth-order valence-electron chi connectivity index (χ4n) is 0.769. The largest absolute Gasteiger partial charge is 0.508 e. The molecule has 0 aliphatic rings. The van der Waals surface area contributed by atoms with Crippen molar-refractivity contribution >= 4 is 8.81 Å². The van der Waals surface area contributed by atoms with Gasteiger partial charge in [-0.1, -0.05) is 52.7 Å². The summed E-state index contributed by atoms with van der Waals surface area (Å²) in [6.07, 6.45) is 3.57. The molecule has 0 bridgehead atoms. The summed E-state index contributed by atoms with van der Waals surface area (Å²) in [7, 11) is 5.45. The van der Waals surface area contributed by atoms with Crippen molar-refractivity contribution in [2.75, 3.05) is 21.3 Å². The topological polar surface area (TPSA) is 38.7 Å². The van der Waals surface area contributed by atoms with Crippen molar-refractivity contribution in [2.24, 2.45) is 0 Å². The second-order valence-electron chi connectivity index (χ2n) is 3.60. The third-order valence-corrected chi connectivity index (χ3v) is 2.70. The number of unbranched alkanes of at least 4 members (excludes halogenated alkanes) is 1. The van der Waals surface area contributed by atoms with Crippen LogP contribution in [0.3, 0.4) is 0 Å². The molecule has 1 unspecified atom stereocenters. The van der Waals surface area contributed by atoms with Crippen molar-refractivity contribution in [3.63, 3.8) is 0 Å². The molecule has 4 heteroatoms. The Balaban J connectivity index is -0.000000269. The van der Waals surface area contributed by atoms with Gasteiger partial charge in [-0.2, -0.15) is 0 Å². The average Bonchev–Trinajstić information content (AvgIpc) is 2.50. The van der Waals surface area contributed by atoms with E-state index in [4.69, 9.17) is 9.63 Å². The van der Waals surface area contributed by atoms with Crippen LogP contribution in [0.5, 0.6) is 5.75 Å². The molecule has 0 fully saturated rings. The van der Waals surface area contributed by atoms with Gasteiger partial charge in [-0.25, -0.2) is 0 Å². The normalized spacial score (nSPS) is 8.75. The van der Waals surface area contributed by atoms with E-state index in [2.05, 4.69) is 18.6 Å². The lowest BCUT2D eigenvalue weighted by Crippen LogP contribution is -1.76. The van der Waals surface area contributed by atoms with Gasteiger partial charge in [-0.3, -0.25) is 0 Å². The Morgan fingerprint density at radius 1 is 0.950 bits per heavy atom. The summed E-state index contributed by atoms with van der Waals surface area (Å²) in [6.45, 7) is 8.36. The highest BCUT2D eigenvalue weighted by Crippen LogP contribution is 2.19. The van der Waals surface area contributed by atoms with E-state index in [-0.39, 0.29) is 0 Å². The van der Waals surface area contributed by atoms with Crippen molar-refractivity contribution in [1.82, 2.24) is 0 Å². The van der Waals surface area contributed by atoms with Crippen LogP contribution in [0.1, 0.15) is 46.1 Å². The number of benzene rings is 1. The van der Waals surface area contributed by atoms with Gasteiger partial charge in [-0.15, -0.1) is 0 Å². The van der Waals surface area contributed by atoms with Crippen molar-refractivity contribution < 1.29 is 14.4 Å². The van der Waals surface area contributed by atoms with Crippen molar-refractivity contribution in [3.05, 3.63) is 29.8 Å². The highest BCUT2D eigenvalue weighted by atomic mass is 31.1. The maximum Gasteiger partial charge on any atom is 0.115 e. The summed E-state index contributed by atoms with van der Waals surface area (Å²) < 4.78 is 9.19. The maximum atomic E-state index is 8.95. The number of phenolic OH excluding ortho intramolecular Hbond substituents is 1. The first kappa shape index (κ1) is 24.4. The quantitative estimate of drug-likeness (QED) is 0.774. The molecule has 1 atom stereocenters. The molecule has 20 heavy (non-hydrogen) atoms. The minimum atomic E-state index is 0.314. The number of rotatable bonds is 4. The molecule has 0 spiro atoms. The summed E-state index contributed by atoms with van der Waals surface area (Å²) in [4.78, 5) is 0. The predicted octanol–water partition coefficient (Wildman–Crippen LogP) is 5.23. The Bertz CT molecular complexity index is 248. The van der Waals surface area contributed by atoms with E-state index in [0.29, 0.717) is 14.6 Å². The Hall–Kier alpha value is -0.630. The summed E-state index contributed by atoms with van der Waals surface area (Å²) in [6, 6.07) is 7.19. The Labute approximate surface area is 127 Å². The third-order valence-electron chi connectivity index (χ3n) is 1.86. The molecular formula is C16H33O3P. The van der Waals surface area contributed by atoms with Crippen molar-refractivity contribution in [3.8, 4) is 5.75 Å². The van der Waals surface area contributed by atoms with Gasteiger partial charge in [0.1, 0.15) is 5.75 Å². The lowest BCUT2D eigenvalue weighted by atomic mass is 10.2. The zero-order valence-corrected chi connectivity index (χ0v) is 15.2. The van der Waals surface area contributed by atoms with E-state index in [1.807, 2.05) is 26.0 Å². The third kappa shape index (κ3) is 22.5. The second kappa shape index (κ2) is 23.5. The first-order chi connectivity index (χ1) is 9.65. The number of methoxy groups -OCH3 is 1. The molecule has 0 saturated carbocycles. The predicted molar refractivity (Wildman–Crippen MR) is 92.0 cm³/mol. The Kier molecular flexibility index (Phi) is 28.6. The van der Waals surface area contributed by atoms with Gasteiger partial charge in [0.2, 0.25) is 0 Å². The van der Waals surface area contributed by atoms with E-state index in [1.54, 1.807) is 33.5 Å². The molecule has 1 aromatic rings. The molecule has 120 valence electrons. The number of ether oxygens (including phenoxy) is 1. The Morgan fingerprint density at radius 2 is 1.35 bits per heavy atom. The van der Waals surface area contributed by atoms with Gasteiger partial charge < -0.3 is 14.4 Å². The smallest absolute Gasteiger partial charge is 0.115 e. The van der Waals surface area contributed by atoms with Crippen LogP contribution in [0, 0.1) is 0 Å². The molecule has 1 N–H and O–H groups in total. The minimum Gasteiger partial charge on any atom is -0.508 e. The highest BCUT2D eigenvalue weighted by Gasteiger charge is 1.91. The zero-order valence-electron chi connectivity index (χ0n) is 14.2. The molecule has 1 aromatic carbocycles. The van der Waals surface area contributed by atoms with Crippen LogP contribution < -0.4 is 0 Å². The summed E-state index contributed by atoms with van der Waals surface area (Å²) in [5.74, 6) is 0.314. The van der Waals surface area contributed by atoms with E-state index < -0.39 is 0 Å². The first-order valence-electron chi connectivity index (χ1n) is 7.10. The van der Waals surface area contributed by atoms with Gasteiger partial charge in [0.05, 0.1) is 0 Å². The van der Waals surface area contributed by atoms with Gasteiger partial charge in [0.25, 0.3) is 0 Å². The van der Waals surface area contributed by atoms with Crippen LogP contribution in [0.25, 0.3) is 0 Å². The number of hydrogen-bond donors (Lipinski definition) is 1. The van der Waals surface area contributed by atoms with Crippen LogP contribution in [-0.2, 0) is 15.4 Å². The first-order valence-corrected chi connectivity index (χ1v) is 8.21. The Morgan fingerprint density at radius 3 is 1.65 bits per heavy atom. The molecule has 0 heterocycles. The van der Waals surface area contributed by atoms with Crippen molar-refractivity contribution in [1.29, 1.82) is 0 Å². The van der Waals surface area contributed by atoms with E-state index in [0.717, 1.165) is 6.16 Å². The number of hydrogen-bond acceptors (Lipinski definition) is 3. The molecule has 0 aliphatic heterocycles. The van der Waals surface area contributed by atoms with E-state index in [1.165, 1.54) is 18.4 Å². The van der Waals surface area contributed by atoms with Crippen molar-refractivity contribution in [2.45, 2.75) is 46.7 Å². The van der Waals surface area contributed by atoms with E-state index >= 15 is 0 Å². The summed E-state index contributed by atoms with van der Waals surface area (Å²) in [5, 5.41) is 8.95. The standard InChI is InChI=1S/C8H11O2P.C4H10.C2H6O.C2H6/c1-10-11-6-7-2-4-8(9)5-3-7;1-3-4-2;1-3-2;1-2/h2-5,9,11H,6H2,1H3;3-4H2,1-2H3;1-2H3;1-2H3. The molecule has 0 amide bonds. The SMILES string of the molecule is CC.CCCC.COC.COPCc1ccc(O)cc1. The lowest BCUT2D eigenvalue weighted by Gasteiger charge is -1.98. The summed E-state index contributed by atoms with van der Waals surface area (Å²) in [5.41, 5.74) is 1.20. The highest BCUT2D eigenvalue weighted by molar-refractivity contribution is 7.31. The van der Waals surface area contributed by atoms with Crippen LogP contribution in [0.15, 0.2) is 24.3 Å². The summed E-state index contributed by atoms with van der Waals surface area (Å²) >= 11 is 0. The lowest BCUT2D eigenvalue weighted by molar-refractivity contribution is 0.277.